The van der Waals surface area contributed by atoms with E-state index in [4.69, 9.17) is 0 Å². The number of thiophene rings is 1. The Morgan fingerprint density at radius 3 is 2.89 bits per heavy atom. The third-order valence-electron chi connectivity index (χ3n) is 3.22. The zero-order chi connectivity index (χ0) is 14.0. The number of sulfonamides is 1. The molecule has 0 fully saturated rings. The van der Waals surface area contributed by atoms with Crippen LogP contribution in [0.1, 0.15) is 24.9 Å². The van der Waals surface area contributed by atoms with E-state index in [1.165, 1.54) is 14.1 Å². The van der Waals surface area contributed by atoms with Gasteiger partial charge in [0.2, 0.25) is 10.0 Å². The topological polar surface area (TPSA) is 49.4 Å². The van der Waals surface area contributed by atoms with Crippen LogP contribution >= 0.6 is 23.1 Å². The predicted octanol–water partition coefficient (Wildman–Crippen LogP) is 2.15. The van der Waals surface area contributed by atoms with Crippen molar-refractivity contribution >= 4 is 33.1 Å². The molecule has 108 valence electrons. The van der Waals surface area contributed by atoms with Crippen LogP contribution in [0.15, 0.2) is 15.7 Å². The lowest BCUT2D eigenvalue weighted by atomic mass is 10.1. The van der Waals surface area contributed by atoms with Crippen molar-refractivity contribution in [3.8, 4) is 0 Å². The molecular weight excluding hydrogens is 300 g/mol. The Balaban J connectivity index is 1.95. The molecule has 0 amide bonds. The number of hydrogen-bond acceptors (Lipinski definition) is 5. The van der Waals surface area contributed by atoms with E-state index in [0.29, 0.717) is 11.8 Å². The molecule has 0 saturated heterocycles. The van der Waals surface area contributed by atoms with Crippen molar-refractivity contribution in [3.63, 3.8) is 0 Å². The Morgan fingerprint density at radius 1 is 1.47 bits per heavy atom. The standard InChI is InChI=1S/C12H20N2O2S3/c1-9-8-11(10-4-6-17-12(10)18-9)13-5-7-19(15,16)14(2)3/h4,6,9,11,13H,5,7-8H2,1-3H3/t9-,11?/m0/s1. The van der Waals surface area contributed by atoms with Gasteiger partial charge in [-0.25, -0.2) is 12.7 Å². The molecule has 19 heavy (non-hydrogen) atoms. The number of thioether (sulfide) groups is 1. The van der Waals surface area contributed by atoms with Gasteiger partial charge in [0, 0.05) is 31.9 Å². The van der Waals surface area contributed by atoms with Crippen molar-refractivity contribution in [1.29, 1.82) is 0 Å². The molecule has 2 rings (SSSR count). The van der Waals surface area contributed by atoms with Crippen LogP contribution in [-0.4, -0.2) is 44.4 Å². The number of nitrogens with zero attached hydrogens (tertiary/aromatic N) is 1. The number of rotatable bonds is 5. The smallest absolute Gasteiger partial charge is 0.214 e. The van der Waals surface area contributed by atoms with Crippen LogP contribution in [0.2, 0.25) is 0 Å². The fourth-order valence-corrected chi connectivity index (χ4v) is 5.39. The molecule has 2 heterocycles. The van der Waals surface area contributed by atoms with E-state index in [2.05, 4.69) is 23.7 Å². The fourth-order valence-electron chi connectivity index (χ4n) is 2.09. The molecule has 0 saturated carbocycles. The van der Waals surface area contributed by atoms with Crippen molar-refractivity contribution in [2.45, 2.75) is 28.8 Å². The molecule has 1 unspecified atom stereocenters. The van der Waals surface area contributed by atoms with Gasteiger partial charge in [-0.3, -0.25) is 0 Å². The van der Waals surface area contributed by atoms with E-state index in [1.807, 2.05) is 11.8 Å². The first-order valence-electron chi connectivity index (χ1n) is 6.28. The van der Waals surface area contributed by atoms with Gasteiger partial charge in [0.05, 0.1) is 9.96 Å². The van der Waals surface area contributed by atoms with Gasteiger partial charge < -0.3 is 5.32 Å². The Bertz CT molecular complexity index is 525. The zero-order valence-electron chi connectivity index (χ0n) is 11.4. The summed E-state index contributed by atoms with van der Waals surface area (Å²) in [6.45, 7) is 2.72. The first-order valence-corrected chi connectivity index (χ1v) is 9.64. The lowest BCUT2D eigenvalue weighted by molar-refractivity contribution is 0.488. The molecule has 1 aliphatic heterocycles. The Labute approximate surface area is 123 Å². The Morgan fingerprint density at radius 2 is 2.21 bits per heavy atom. The molecule has 1 N–H and O–H groups in total. The van der Waals surface area contributed by atoms with Crippen molar-refractivity contribution in [2.75, 3.05) is 26.4 Å². The molecular formula is C12H20N2O2S3. The first-order chi connectivity index (χ1) is 8.90. The van der Waals surface area contributed by atoms with Crippen molar-refractivity contribution < 1.29 is 8.42 Å². The highest BCUT2D eigenvalue weighted by Gasteiger charge is 2.26. The normalized spacial score (nSPS) is 23.6. The summed E-state index contributed by atoms with van der Waals surface area (Å²) in [5.41, 5.74) is 1.33. The Kier molecular flexibility index (Phi) is 4.94. The van der Waals surface area contributed by atoms with E-state index in [0.717, 1.165) is 6.42 Å². The second kappa shape index (κ2) is 6.13. The van der Waals surface area contributed by atoms with Crippen LogP contribution < -0.4 is 5.32 Å². The van der Waals surface area contributed by atoms with E-state index in [1.54, 1.807) is 25.4 Å². The number of fused-ring (bicyclic) bond motifs is 1. The number of hydrogen-bond donors (Lipinski definition) is 1. The molecule has 0 spiro atoms. The van der Waals surface area contributed by atoms with E-state index >= 15 is 0 Å². The van der Waals surface area contributed by atoms with Gasteiger partial charge in [0.25, 0.3) is 0 Å². The second-order valence-electron chi connectivity index (χ2n) is 4.93. The monoisotopic (exact) mass is 320 g/mol. The SMILES string of the molecule is C[C@H]1CC(NCCS(=O)(=O)N(C)C)c2ccsc2S1. The van der Waals surface area contributed by atoms with Gasteiger partial charge in [-0.15, -0.1) is 23.1 Å². The van der Waals surface area contributed by atoms with Gasteiger partial charge in [0.15, 0.2) is 0 Å². The summed E-state index contributed by atoms with van der Waals surface area (Å²) in [6, 6.07) is 2.44. The largest absolute Gasteiger partial charge is 0.309 e. The molecule has 4 nitrogen and oxygen atoms in total. The molecule has 0 radical (unpaired) electrons. The van der Waals surface area contributed by atoms with Crippen LogP contribution in [0.25, 0.3) is 0 Å². The third kappa shape index (κ3) is 3.72. The fraction of sp³-hybridized carbons (Fsp3) is 0.667. The summed E-state index contributed by atoms with van der Waals surface area (Å²) in [5.74, 6) is 0.150. The van der Waals surface area contributed by atoms with Crippen molar-refractivity contribution in [1.82, 2.24) is 9.62 Å². The lowest BCUT2D eigenvalue weighted by Gasteiger charge is -2.27. The highest BCUT2D eigenvalue weighted by atomic mass is 32.2. The summed E-state index contributed by atoms with van der Waals surface area (Å²) in [6.07, 6.45) is 1.05. The summed E-state index contributed by atoms with van der Waals surface area (Å²) in [4.78, 5) is 0. The van der Waals surface area contributed by atoms with E-state index in [9.17, 15) is 8.42 Å². The molecule has 1 aromatic rings. The van der Waals surface area contributed by atoms with Gasteiger partial charge in [-0.05, 0) is 23.4 Å². The van der Waals surface area contributed by atoms with Crippen LogP contribution in [0.3, 0.4) is 0 Å². The molecule has 1 aromatic heterocycles. The predicted molar refractivity (Wildman–Crippen MR) is 82.5 cm³/mol. The summed E-state index contributed by atoms with van der Waals surface area (Å²) in [5, 5.41) is 6.08. The van der Waals surface area contributed by atoms with Crippen molar-refractivity contribution in [3.05, 3.63) is 17.0 Å². The highest BCUT2D eigenvalue weighted by Crippen LogP contribution is 2.43. The number of nitrogens with one attached hydrogen (secondary N) is 1. The minimum atomic E-state index is -3.11. The van der Waals surface area contributed by atoms with E-state index < -0.39 is 10.0 Å². The van der Waals surface area contributed by atoms with Gasteiger partial charge in [-0.2, -0.15) is 0 Å². The van der Waals surface area contributed by atoms with E-state index in [-0.39, 0.29) is 11.8 Å². The third-order valence-corrected chi connectivity index (χ3v) is 7.39. The molecule has 2 atom stereocenters. The molecule has 0 aliphatic carbocycles. The van der Waals surface area contributed by atoms with Crippen LogP contribution in [0.5, 0.6) is 0 Å². The molecule has 7 heteroatoms. The van der Waals surface area contributed by atoms with Crippen LogP contribution in [0.4, 0.5) is 0 Å². The molecule has 0 aromatic carbocycles. The minimum Gasteiger partial charge on any atom is -0.309 e. The Hall–Kier alpha value is -0.0800. The maximum absolute atomic E-state index is 11.7. The van der Waals surface area contributed by atoms with Crippen LogP contribution in [0, 0.1) is 0 Å². The summed E-state index contributed by atoms with van der Waals surface area (Å²) >= 11 is 3.69. The maximum Gasteiger partial charge on any atom is 0.214 e. The highest BCUT2D eigenvalue weighted by molar-refractivity contribution is 8.01. The minimum absolute atomic E-state index is 0.150. The molecule has 0 bridgehead atoms. The second-order valence-corrected chi connectivity index (χ2v) is 9.86. The average Bonchev–Trinajstić information content (AvgIpc) is 2.76. The first kappa shape index (κ1) is 15.3. The zero-order valence-corrected chi connectivity index (χ0v) is 13.9. The average molecular weight is 321 g/mol. The lowest BCUT2D eigenvalue weighted by Crippen LogP contribution is -2.34. The quantitative estimate of drug-likeness (QED) is 0.903. The van der Waals surface area contributed by atoms with Crippen LogP contribution in [-0.2, 0) is 10.0 Å². The summed E-state index contributed by atoms with van der Waals surface area (Å²) in [7, 11) is 0.0418. The maximum atomic E-state index is 11.7. The van der Waals surface area contributed by atoms with Crippen molar-refractivity contribution in [2.24, 2.45) is 0 Å². The van der Waals surface area contributed by atoms with Gasteiger partial charge in [0.1, 0.15) is 0 Å². The van der Waals surface area contributed by atoms with Gasteiger partial charge >= 0.3 is 0 Å². The van der Waals surface area contributed by atoms with Gasteiger partial charge in [-0.1, -0.05) is 6.92 Å². The molecule has 1 aliphatic rings. The summed E-state index contributed by atoms with van der Waals surface area (Å²) < 4.78 is 26.1.